The molecule has 0 bridgehead atoms. The zero-order valence-corrected chi connectivity index (χ0v) is 11.5. The van der Waals surface area contributed by atoms with E-state index in [0.717, 1.165) is 5.56 Å². The summed E-state index contributed by atoms with van der Waals surface area (Å²) in [5.41, 5.74) is 1.01. The molecule has 0 amide bonds. The van der Waals surface area contributed by atoms with Gasteiger partial charge in [-0.15, -0.1) is 0 Å². The van der Waals surface area contributed by atoms with Gasteiger partial charge < -0.3 is 5.11 Å². The summed E-state index contributed by atoms with van der Waals surface area (Å²) in [4.78, 5) is 11.2. The van der Waals surface area contributed by atoms with E-state index in [4.69, 9.17) is 16.7 Å². The predicted molar refractivity (Wildman–Crippen MR) is 73.4 cm³/mol. The number of hydrogen-bond acceptors (Lipinski definition) is 2. The summed E-state index contributed by atoms with van der Waals surface area (Å²) >= 11 is 5.80. The van der Waals surface area contributed by atoms with Crippen LogP contribution in [0.15, 0.2) is 29.8 Å². The Bertz CT molecular complexity index is 581. The number of halogens is 1. The van der Waals surface area contributed by atoms with Gasteiger partial charge in [0.1, 0.15) is 0 Å². The summed E-state index contributed by atoms with van der Waals surface area (Å²) < 4.78 is 0. The lowest BCUT2D eigenvalue weighted by molar-refractivity contribution is -0.139. The number of benzene rings is 1. The SMILES string of the molecule is CC1(C)[C@H](C(=O)O)[C@H]1C(C#N)=Cc1ccc(Cl)cc1. The van der Waals surface area contributed by atoms with E-state index in [2.05, 4.69) is 6.07 Å². The number of carboxylic acid groups (broad SMARTS) is 1. The van der Waals surface area contributed by atoms with Gasteiger partial charge in [-0.2, -0.15) is 5.26 Å². The maximum Gasteiger partial charge on any atom is 0.307 e. The molecular weight excluding hydrogens is 262 g/mol. The molecule has 0 aliphatic heterocycles. The summed E-state index contributed by atoms with van der Waals surface area (Å²) in [6, 6.07) is 9.24. The minimum atomic E-state index is -0.841. The fourth-order valence-electron chi connectivity index (χ4n) is 2.61. The van der Waals surface area contributed by atoms with Crippen molar-refractivity contribution in [3.8, 4) is 6.07 Å². The highest BCUT2D eigenvalue weighted by atomic mass is 35.5. The third-order valence-corrected chi connectivity index (χ3v) is 4.00. The topological polar surface area (TPSA) is 61.1 Å². The summed E-state index contributed by atoms with van der Waals surface area (Å²) in [5, 5.41) is 19.0. The predicted octanol–water partition coefficient (Wildman–Crippen LogP) is 3.60. The summed E-state index contributed by atoms with van der Waals surface area (Å²) in [6.07, 6.45) is 1.74. The Kier molecular flexibility index (Phi) is 3.38. The molecule has 0 saturated heterocycles. The molecule has 0 heterocycles. The number of nitrogens with zero attached hydrogens (tertiary/aromatic N) is 1. The molecule has 2 rings (SSSR count). The van der Waals surface area contributed by atoms with Crippen molar-refractivity contribution in [1.82, 2.24) is 0 Å². The molecule has 1 fully saturated rings. The molecule has 1 saturated carbocycles. The van der Waals surface area contributed by atoms with E-state index in [1.165, 1.54) is 0 Å². The van der Waals surface area contributed by atoms with Gasteiger partial charge in [0.2, 0.25) is 0 Å². The van der Waals surface area contributed by atoms with Gasteiger partial charge in [0.05, 0.1) is 12.0 Å². The molecule has 3 nitrogen and oxygen atoms in total. The van der Waals surface area contributed by atoms with Crippen molar-refractivity contribution < 1.29 is 9.90 Å². The van der Waals surface area contributed by atoms with Gasteiger partial charge in [0.25, 0.3) is 0 Å². The van der Waals surface area contributed by atoms with Crippen molar-refractivity contribution in [1.29, 1.82) is 5.26 Å². The van der Waals surface area contributed by atoms with Crippen molar-refractivity contribution in [3.63, 3.8) is 0 Å². The number of hydrogen-bond donors (Lipinski definition) is 1. The van der Waals surface area contributed by atoms with E-state index in [9.17, 15) is 10.1 Å². The Balaban J connectivity index is 2.30. The maximum absolute atomic E-state index is 11.2. The molecule has 1 aromatic rings. The number of allylic oxidation sites excluding steroid dienone is 1. The molecule has 4 heteroatoms. The smallest absolute Gasteiger partial charge is 0.307 e. The van der Waals surface area contributed by atoms with Crippen LogP contribution in [0.3, 0.4) is 0 Å². The summed E-state index contributed by atoms with van der Waals surface area (Å²) in [5.74, 6) is -1.54. The minimum Gasteiger partial charge on any atom is -0.481 e. The monoisotopic (exact) mass is 275 g/mol. The fourth-order valence-corrected chi connectivity index (χ4v) is 2.74. The average molecular weight is 276 g/mol. The van der Waals surface area contributed by atoms with Gasteiger partial charge in [-0.05, 0) is 29.2 Å². The molecule has 0 spiro atoms. The first-order chi connectivity index (χ1) is 8.87. The van der Waals surface area contributed by atoms with Crippen LogP contribution in [0.4, 0.5) is 0 Å². The first-order valence-corrected chi connectivity index (χ1v) is 6.36. The van der Waals surface area contributed by atoms with E-state index in [1.807, 2.05) is 26.0 Å². The first kappa shape index (κ1) is 13.6. The second-order valence-electron chi connectivity index (χ2n) is 5.38. The fraction of sp³-hybridized carbons (Fsp3) is 0.333. The van der Waals surface area contributed by atoms with E-state index in [1.54, 1.807) is 18.2 Å². The standard InChI is InChI=1S/C15H14ClNO2/c1-15(2)12(13(15)14(18)19)10(8-17)7-9-3-5-11(16)6-4-9/h3-7,12-13H,1-2H3,(H,18,19)/t12-,13+/m1/s1. The van der Waals surface area contributed by atoms with Crippen LogP contribution in [0, 0.1) is 28.6 Å². The van der Waals surface area contributed by atoms with Crippen molar-refractivity contribution in [2.45, 2.75) is 13.8 Å². The zero-order chi connectivity index (χ0) is 14.2. The van der Waals surface area contributed by atoms with E-state index in [0.29, 0.717) is 10.6 Å². The van der Waals surface area contributed by atoms with Crippen LogP contribution < -0.4 is 0 Å². The van der Waals surface area contributed by atoms with Crippen LogP contribution >= 0.6 is 11.6 Å². The Labute approximate surface area is 117 Å². The average Bonchev–Trinajstić information content (AvgIpc) is 2.92. The van der Waals surface area contributed by atoms with Gasteiger partial charge in [0.15, 0.2) is 0 Å². The molecule has 0 aromatic heterocycles. The van der Waals surface area contributed by atoms with Gasteiger partial charge in [-0.25, -0.2) is 0 Å². The van der Waals surface area contributed by atoms with Crippen LogP contribution in [-0.2, 0) is 4.79 Å². The molecule has 0 unspecified atom stereocenters. The Hall–Kier alpha value is -1.79. The van der Waals surface area contributed by atoms with E-state index in [-0.39, 0.29) is 11.3 Å². The van der Waals surface area contributed by atoms with E-state index >= 15 is 0 Å². The van der Waals surface area contributed by atoms with Crippen LogP contribution in [0.1, 0.15) is 19.4 Å². The van der Waals surface area contributed by atoms with Crippen LogP contribution in [-0.4, -0.2) is 11.1 Å². The van der Waals surface area contributed by atoms with Gasteiger partial charge in [-0.1, -0.05) is 37.6 Å². The molecule has 98 valence electrons. The summed E-state index contributed by atoms with van der Waals surface area (Å²) in [7, 11) is 0. The molecule has 1 aliphatic carbocycles. The second-order valence-corrected chi connectivity index (χ2v) is 5.81. The van der Waals surface area contributed by atoms with Gasteiger partial charge in [0, 0.05) is 16.5 Å². The molecule has 2 atom stereocenters. The number of carboxylic acids is 1. The third-order valence-electron chi connectivity index (χ3n) is 3.75. The highest BCUT2D eigenvalue weighted by Crippen LogP contribution is 2.61. The zero-order valence-electron chi connectivity index (χ0n) is 10.7. The number of carbonyl (C=O) groups is 1. The third kappa shape index (κ3) is 2.50. The normalized spacial score (nSPS) is 24.6. The summed E-state index contributed by atoms with van der Waals surface area (Å²) in [6.45, 7) is 3.76. The molecule has 19 heavy (non-hydrogen) atoms. The molecule has 1 aromatic carbocycles. The largest absolute Gasteiger partial charge is 0.481 e. The van der Waals surface area contributed by atoms with Crippen molar-refractivity contribution in [2.75, 3.05) is 0 Å². The quantitative estimate of drug-likeness (QED) is 0.857. The Morgan fingerprint density at radius 2 is 1.95 bits per heavy atom. The maximum atomic E-state index is 11.2. The van der Waals surface area contributed by atoms with Crippen LogP contribution in [0.25, 0.3) is 6.08 Å². The van der Waals surface area contributed by atoms with Crippen molar-refractivity contribution >= 4 is 23.6 Å². The van der Waals surface area contributed by atoms with Crippen LogP contribution in [0.5, 0.6) is 0 Å². The molecule has 1 aliphatic rings. The molecule has 0 radical (unpaired) electrons. The molecule has 1 N–H and O–H groups in total. The highest BCUT2D eigenvalue weighted by molar-refractivity contribution is 6.30. The number of nitriles is 1. The lowest BCUT2D eigenvalue weighted by Gasteiger charge is -2.01. The molecular formula is C15H14ClNO2. The second kappa shape index (κ2) is 4.71. The van der Waals surface area contributed by atoms with Gasteiger partial charge in [-0.3, -0.25) is 4.79 Å². The lowest BCUT2D eigenvalue weighted by Crippen LogP contribution is -2.03. The Morgan fingerprint density at radius 1 is 1.37 bits per heavy atom. The van der Waals surface area contributed by atoms with Crippen LogP contribution in [0.2, 0.25) is 5.02 Å². The number of rotatable bonds is 3. The number of aliphatic carboxylic acids is 1. The van der Waals surface area contributed by atoms with Crippen molar-refractivity contribution in [2.24, 2.45) is 17.3 Å². The highest BCUT2D eigenvalue weighted by Gasteiger charge is 2.63. The lowest BCUT2D eigenvalue weighted by atomic mass is 10.0. The van der Waals surface area contributed by atoms with Gasteiger partial charge >= 0.3 is 5.97 Å². The minimum absolute atomic E-state index is 0.217. The first-order valence-electron chi connectivity index (χ1n) is 5.98. The Morgan fingerprint density at radius 3 is 2.37 bits per heavy atom. The van der Waals surface area contributed by atoms with Crippen molar-refractivity contribution in [3.05, 3.63) is 40.4 Å². The van der Waals surface area contributed by atoms with E-state index < -0.39 is 11.9 Å².